The van der Waals surface area contributed by atoms with Gasteiger partial charge in [-0.2, -0.15) is 8.42 Å². The Morgan fingerprint density at radius 1 is 1.19 bits per heavy atom. The highest BCUT2D eigenvalue weighted by Crippen LogP contribution is 2.29. The third-order valence-electron chi connectivity index (χ3n) is 2.94. The largest absolute Gasteiger partial charge is 0.297 e. The normalized spacial score (nSPS) is 25.8. The highest BCUT2D eigenvalue weighted by molar-refractivity contribution is 7.86. The lowest BCUT2D eigenvalue weighted by Gasteiger charge is -2.11. The van der Waals surface area contributed by atoms with Crippen molar-refractivity contribution in [2.45, 2.75) is 37.2 Å². The first-order valence-electron chi connectivity index (χ1n) is 5.56. The van der Waals surface area contributed by atoms with Crippen molar-refractivity contribution in [2.75, 3.05) is 0 Å². The van der Waals surface area contributed by atoms with E-state index in [9.17, 15) is 8.42 Å². The van der Waals surface area contributed by atoms with Gasteiger partial charge in [-0.25, -0.2) is 0 Å². The average molecular weight is 240 g/mol. The summed E-state index contributed by atoms with van der Waals surface area (Å²) in [6.07, 6.45) is 2.59. The van der Waals surface area contributed by atoms with Gasteiger partial charge < -0.3 is 0 Å². The first-order chi connectivity index (χ1) is 7.58. The molecule has 3 nitrogen and oxygen atoms in total. The lowest BCUT2D eigenvalue weighted by atomic mass is 10.1. The smallest absolute Gasteiger partial charge is 0.263 e. The Kier molecular flexibility index (Phi) is 3.30. The van der Waals surface area contributed by atoms with E-state index in [1.807, 2.05) is 0 Å². The predicted octanol–water partition coefficient (Wildman–Crippen LogP) is 2.58. The topological polar surface area (TPSA) is 43.4 Å². The molecule has 1 aliphatic carbocycles. The Bertz CT molecular complexity index is 439. The van der Waals surface area contributed by atoms with Gasteiger partial charge in [0.05, 0.1) is 11.0 Å². The monoisotopic (exact) mass is 240 g/mol. The van der Waals surface area contributed by atoms with Crippen LogP contribution in [0.2, 0.25) is 0 Å². The molecule has 0 heterocycles. The lowest BCUT2D eigenvalue weighted by molar-refractivity contribution is 0.213. The Hall–Kier alpha value is -0.870. The van der Waals surface area contributed by atoms with Crippen molar-refractivity contribution >= 4 is 10.1 Å². The minimum Gasteiger partial charge on any atom is -0.263 e. The number of hydrogen-bond acceptors (Lipinski definition) is 3. The summed E-state index contributed by atoms with van der Waals surface area (Å²) in [5, 5.41) is 0. The molecular formula is C12H16O3S. The van der Waals surface area contributed by atoms with Gasteiger partial charge in [-0.15, -0.1) is 0 Å². The zero-order chi connectivity index (χ0) is 11.6. The molecule has 2 atom stereocenters. The number of rotatable bonds is 3. The van der Waals surface area contributed by atoms with E-state index in [-0.39, 0.29) is 11.0 Å². The first kappa shape index (κ1) is 11.6. The second-order valence-corrected chi connectivity index (χ2v) is 5.98. The van der Waals surface area contributed by atoms with Crippen LogP contribution in [0, 0.1) is 5.92 Å². The molecule has 0 aliphatic heterocycles. The second kappa shape index (κ2) is 4.55. The molecule has 0 bridgehead atoms. The summed E-state index contributed by atoms with van der Waals surface area (Å²) in [7, 11) is -3.57. The predicted molar refractivity (Wildman–Crippen MR) is 61.5 cm³/mol. The van der Waals surface area contributed by atoms with Crippen molar-refractivity contribution < 1.29 is 12.6 Å². The third kappa shape index (κ3) is 2.62. The molecule has 1 aliphatic rings. The van der Waals surface area contributed by atoms with Gasteiger partial charge in [-0.3, -0.25) is 4.18 Å². The fourth-order valence-electron chi connectivity index (χ4n) is 2.06. The summed E-state index contributed by atoms with van der Waals surface area (Å²) < 4.78 is 29.0. The van der Waals surface area contributed by atoms with E-state index in [1.165, 1.54) is 0 Å². The van der Waals surface area contributed by atoms with Crippen LogP contribution in [-0.2, 0) is 14.3 Å². The molecule has 1 aromatic carbocycles. The number of benzene rings is 1. The minimum absolute atomic E-state index is 0.139. The molecule has 1 aromatic rings. The molecule has 4 heteroatoms. The molecule has 0 saturated heterocycles. The highest BCUT2D eigenvalue weighted by atomic mass is 32.2. The van der Waals surface area contributed by atoms with Crippen molar-refractivity contribution in [3.63, 3.8) is 0 Å². The van der Waals surface area contributed by atoms with Gasteiger partial charge in [0.15, 0.2) is 0 Å². The van der Waals surface area contributed by atoms with E-state index >= 15 is 0 Å². The molecule has 1 fully saturated rings. The van der Waals surface area contributed by atoms with E-state index in [0.717, 1.165) is 19.3 Å². The molecule has 0 radical (unpaired) electrons. The van der Waals surface area contributed by atoms with Crippen LogP contribution in [0.4, 0.5) is 0 Å². The van der Waals surface area contributed by atoms with Crippen molar-refractivity contribution in [3.8, 4) is 0 Å². The first-order valence-corrected chi connectivity index (χ1v) is 6.97. The minimum atomic E-state index is -3.57. The molecule has 88 valence electrons. The Morgan fingerprint density at radius 3 is 2.44 bits per heavy atom. The molecule has 1 saturated carbocycles. The van der Waals surface area contributed by atoms with Crippen LogP contribution in [0.5, 0.6) is 0 Å². The molecule has 16 heavy (non-hydrogen) atoms. The van der Waals surface area contributed by atoms with Crippen molar-refractivity contribution in [1.29, 1.82) is 0 Å². The standard InChI is InChI=1S/C12H16O3S/c1-10-7-8-11(9-10)15-16(13,14)12-5-3-2-4-6-12/h2-6,10-11H,7-9H2,1H3. The SMILES string of the molecule is CC1CCC(OS(=O)(=O)c2ccccc2)C1. The molecule has 0 N–H and O–H groups in total. The van der Waals surface area contributed by atoms with E-state index in [0.29, 0.717) is 5.92 Å². The van der Waals surface area contributed by atoms with Gasteiger partial charge in [-0.1, -0.05) is 25.1 Å². The van der Waals surface area contributed by atoms with Gasteiger partial charge in [0.1, 0.15) is 0 Å². The highest BCUT2D eigenvalue weighted by Gasteiger charge is 2.27. The Morgan fingerprint density at radius 2 is 1.88 bits per heavy atom. The number of hydrogen-bond donors (Lipinski definition) is 0. The third-order valence-corrected chi connectivity index (χ3v) is 4.32. The maximum absolute atomic E-state index is 11.9. The van der Waals surface area contributed by atoms with Crippen LogP contribution >= 0.6 is 0 Å². The van der Waals surface area contributed by atoms with Crippen LogP contribution in [0.3, 0.4) is 0 Å². The molecule has 0 spiro atoms. The summed E-state index contributed by atoms with van der Waals surface area (Å²) in [5.74, 6) is 0.566. The van der Waals surface area contributed by atoms with Crippen LogP contribution in [0.25, 0.3) is 0 Å². The van der Waals surface area contributed by atoms with Gasteiger partial charge in [0, 0.05) is 0 Å². The van der Waals surface area contributed by atoms with E-state index in [2.05, 4.69) is 6.92 Å². The van der Waals surface area contributed by atoms with Gasteiger partial charge in [0.2, 0.25) is 0 Å². The summed E-state index contributed by atoms with van der Waals surface area (Å²) in [4.78, 5) is 0.245. The molecular weight excluding hydrogens is 224 g/mol. The zero-order valence-electron chi connectivity index (χ0n) is 9.30. The Balaban J connectivity index is 2.09. The fourth-order valence-corrected chi connectivity index (χ4v) is 3.20. The van der Waals surface area contributed by atoms with E-state index < -0.39 is 10.1 Å². The van der Waals surface area contributed by atoms with Gasteiger partial charge in [-0.05, 0) is 37.3 Å². The maximum atomic E-state index is 11.9. The quantitative estimate of drug-likeness (QED) is 0.763. The lowest BCUT2D eigenvalue weighted by Crippen LogP contribution is -2.15. The summed E-state index contributed by atoms with van der Waals surface area (Å²) in [5.41, 5.74) is 0. The van der Waals surface area contributed by atoms with Crippen molar-refractivity contribution in [3.05, 3.63) is 30.3 Å². The molecule has 2 rings (SSSR count). The van der Waals surface area contributed by atoms with Gasteiger partial charge in [0.25, 0.3) is 10.1 Å². The van der Waals surface area contributed by atoms with Crippen molar-refractivity contribution in [1.82, 2.24) is 0 Å². The van der Waals surface area contributed by atoms with E-state index in [1.54, 1.807) is 30.3 Å². The van der Waals surface area contributed by atoms with Gasteiger partial charge >= 0.3 is 0 Å². The van der Waals surface area contributed by atoms with Crippen molar-refractivity contribution in [2.24, 2.45) is 5.92 Å². The second-order valence-electron chi connectivity index (χ2n) is 4.40. The molecule has 0 amide bonds. The summed E-state index contributed by atoms with van der Waals surface area (Å²) >= 11 is 0. The van der Waals surface area contributed by atoms with E-state index in [4.69, 9.17) is 4.18 Å². The summed E-state index contributed by atoms with van der Waals surface area (Å²) in [6, 6.07) is 8.32. The Labute approximate surface area is 96.6 Å². The zero-order valence-corrected chi connectivity index (χ0v) is 10.1. The van der Waals surface area contributed by atoms with Crippen LogP contribution in [-0.4, -0.2) is 14.5 Å². The van der Waals surface area contributed by atoms with Crippen LogP contribution in [0.15, 0.2) is 35.2 Å². The van der Waals surface area contributed by atoms with Crippen LogP contribution < -0.4 is 0 Å². The maximum Gasteiger partial charge on any atom is 0.297 e. The molecule has 2 unspecified atom stereocenters. The van der Waals surface area contributed by atoms with Crippen LogP contribution in [0.1, 0.15) is 26.2 Å². The fraction of sp³-hybridized carbons (Fsp3) is 0.500. The summed E-state index contributed by atoms with van der Waals surface area (Å²) in [6.45, 7) is 2.12. The average Bonchev–Trinajstić information content (AvgIpc) is 2.64. The molecule has 0 aromatic heterocycles.